The Morgan fingerprint density at radius 1 is 1.22 bits per heavy atom. The first-order chi connectivity index (χ1) is 12.7. The maximum Gasteiger partial charge on any atom is 0.341 e. The first kappa shape index (κ1) is 21.2. The fraction of sp³-hybridized carbons (Fsp3) is 0.278. The zero-order valence-electron chi connectivity index (χ0n) is 14.9. The molecular weight excluding hydrogens is 413 g/mol. The smallest absolute Gasteiger partial charge is 0.341 e. The number of carbonyl (C=O) groups is 3. The van der Waals surface area contributed by atoms with Gasteiger partial charge in [-0.15, -0.1) is 11.3 Å². The van der Waals surface area contributed by atoms with Crippen LogP contribution in [-0.2, 0) is 9.53 Å². The van der Waals surface area contributed by atoms with Gasteiger partial charge in [-0.05, 0) is 44.5 Å². The summed E-state index contributed by atoms with van der Waals surface area (Å²) in [6.07, 6.45) is 0. The van der Waals surface area contributed by atoms with Gasteiger partial charge in [-0.2, -0.15) is 0 Å². The van der Waals surface area contributed by atoms with Crippen LogP contribution in [0.25, 0.3) is 0 Å². The van der Waals surface area contributed by atoms with Crippen molar-refractivity contribution in [1.29, 1.82) is 0 Å². The lowest BCUT2D eigenvalue weighted by molar-refractivity contribution is -0.118. The van der Waals surface area contributed by atoms with Crippen molar-refractivity contribution in [3.63, 3.8) is 0 Å². The molecule has 0 saturated carbocycles. The Morgan fingerprint density at radius 2 is 1.93 bits per heavy atom. The fourth-order valence-electron chi connectivity index (χ4n) is 2.28. The number of halogens is 2. The van der Waals surface area contributed by atoms with E-state index in [1.165, 1.54) is 13.0 Å². The van der Waals surface area contributed by atoms with Crippen LogP contribution >= 0.6 is 34.5 Å². The summed E-state index contributed by atoms with van der Waals surface area (Å²) in [7, 11) is 0. The number of anilines is 1. The highest BCUT2D eigenvalue weighted by molar-refractivity contribution is 7.18. The van der Waals surface area contributed by atoms with E-state index in [1.54, 1.807) is 26.0 Å². The van der Waals surface area contributed by atoms with E-state index in [9.17, 15) is 14.4 Å². The van der Waals surface area contributed by atoms with E-state index in [2.05, 4.69) is 5.32 Å². The zero-order valence-corrected chi connectivity index (χ0v) is 17.2. The Labute approximate surface area is 170 Å². The molecule has 0 fully saturated rings. The third-order valence-corrected chi connectivity index (χ3v) is 5.29. The second kappa shape index (κ2) is 9.21. The summed E-state index contributed by atoms with van der Waals surface area (Å²) in [5.74, 6) is -1.01. The number of ketones is 1. The number of Topliss-reactive ketones (excluding diaryl/α,β-unsaturated/α-hetero) is 1. The molecule has 2 rings (SSSR count). The molecule has 27 heavy (non-hydrogen) atoms. The topological polar surface area (TPSA) is 81.7 Å². The van der Waals surface area contributed by atoms with Gasteiger partial charge in [0, 0.05) is 5.02 Å². The standard InChI is InChI=1S/C18H17Cl2NO5S/c1-4-25-18(24)15-9(2)16(10(3)22)27-17(15)21-14(23)8-26-13-6-5-11(19)7-12(13)20/h5-7H,4,8H2,1-3H3,(H,21,23). The minimum absolute atomic E-state index is 0.171. The number of ether oxygens (including phenoxy) is 2. The molecule has 0 bridgehead atoms. The Morgan fingerprint density at radius 3 is 2.52 bits per heavy atom. The van der Waals surface area contributed by atoms with Crippen molar-refractivity contribution < 1.29 is 23.9 Å². The van der Waals surface area contributed by atoms with Gasteiger partial charge in [0.2, 0.25) is 0 Å². The van der Waals surface area contributed by atoms with Crippen molar-refractivity contribution in [2.45, 2.75) is 20.8 Å². The molecule has 0 saturated heterocycles. The van der Waals surface area contributed by atoms with Crippen molar-refractivity contribution in [3.8, 4) is 5.75 Å². The summed E-state index contributed by atoms with van der Waals surface area (Å²) in [5.41, 5.74) is 0.646. The summed E-state index contributed by atoms with van der Waals surface area (Å²) in [6, 6.07) is 4.63. The van der Waals surface area contributed by atoms with Crippen LogP contribution in [-0.4, -0.2) is 30.9 Å². The number of benzene rings is 1. The number of hydrogen-bond donors (Lipinski definition) is 1. The SMILES string of the molecule is CCOC(=O)c1c(NC(=O)COc2ccc(Cl)cc2Cl)sc(C(C)=O)c1C. The van der Waals surface area contributed by atoms with E-state index < -0.39 is 11.9 Å². The molecule has 0 spiro atoms. The van der Waals surface area contributed by atoms with Crippen molar-refractivity contribution in [1.82, 2.24) is 0 Å². The van der Waals surface area contributed by atoms with Crippen LogP contribution in [0.15, 0.2) is 18.2 Å². The molecular formula is C18H17Cl2NO5S. The predicted octanol–water partition coefficient (Wildman–Crippen LogP) is 4.76. The molecule has 1 aromatic carbocycles. The number of hydrogen-bond acceptors (Lipinski definition) is 6. The molecule has 0 aliphatic carbocycles. The maximum atomic E-state index is 12.3. The van der Waals surface area contributed by atoms with Crippen molar-refractivity contribution in [2.75, 3.05) is 18.5 Å². The first-order valence-corrected chi connectivity index (χ1v) is 9.51. The van der Waals surface area contributed by atoms with E-state index in [0.29, 0.717) is 21.2 Å². The Hall–Kier alpha value is -2.09. The first-order valence-electron chi connectivity index (χ1n) is 7.93. The Kier molecular flexibility index (Phi) is 7.24. The van der Waals surface area contributed by atoms with E-state index in [1.807, 2.05) is 0 Å². The summed E-state index contributed by atoms with van der Waals surface area (Å²) < 4.78 is 10.4. The van der Waals surface area contributed by atoms with Crippen LogP contribution in [0.4, 0.5) is 5.00 Å². The van der Waals surface area contributed by atoms with E-state index in [4.69, 9.17) is 32.7 Å². The molecule has 144 valence electrons. The second-order valence-electron chi connectivity index (χ2n) is 5.45. The van der Waals surface area contributed by atoms with Crippen LogP contribution < -0.4 is 10.1 Å². The van der Waals surface area contributed by atoms with Crippen LogP contribution in [0.5, 0.6) is 5.75 Å². The highest BCUT2D eigenvalue weighted by Crippen LogP contribution is 2.34. The van der Waals surface area contributed by atoms with Gasteiger partial charge in [-0.3, -0.25) is 9.59 Å². The molecule has 1 heterocycles. The number of thiophene rings is 1. The van der Waals surface area contributed by atoms with Gasteiger partial charge in [0.15, 0.2) is 12.4 Å². The highest BCUT2D eigenvalue weighted by Gasteiger charge is 2.25. The lowest BCUT2D eigenvalue weighted by Crippen LogP contribution is -2.21. The van der Waals surface area contributed by atoms with Crippen LogP contribution in [0, 0.1) is 6.92 Å². The third-order valence-electron chi connectivity index (χ3n) is 3.45. The van der Waals surface area contributed by atoms with Crippen LogP contribution in [0.1, 0.15) is 39.4 Å². The summed E-state index contributed by atoms with van der Waals surface area (Å²) in [4.78, 5) is 36.6. The minimum atomic E-state index is -0.601. The molecule has 0 aliphatic heterocycles. The number of amides is 1. The average Bonchev–Trinajstić information content (AvgIpc) is 2.90. The van der Waals surface area contributed by atoms with E-state index in [0.717, 1.165) is 11.3 Å². The van der Waals surface area contributed by atoms with Gasteiger partial charge in [-0.1, -0.05) is 23.2 Å². The lowest BCUT2D eigenvalue weighted by Gasteiger charge is -2.09. The molecule has 1 aromatic heterocycles. The fourth-order valence-corrected chi connectivity index (χ4v) is 3.85. The van der Waals surface area contributed by atoms with Gasteiger partial charge in [-0.25, -0.2) is 4.79 Å². The molecule has 0 aliphatic rings. The molecule has 0 atom stereocenters. The zero-order chi connectivity index (χ0) is 20.1. The number of carbonyl (C=O) groups excluding carboxylic acids is 3. The molecule has 0 radical (unpaired) electrons. The van der Waals surface area contributed by atoms with Gasteiger partial charge in [0.05, 0.1) is 22.1 Å². The second-order valence-corrected chi connectivity index (χ2v) is 7.31. The van der Waals surface area contributed by atoms with Gasteiger partial charge < -0.3 is 14.8 Å². The average molecular weight is 430 g/mol. The molecule has 9 heteroatoms. The van der Waals surface area contributed by atoms with Crippen LogP contribution in [0.3, 0.4) is 0 Å². The quantitative estimate of drug-likeness (QED) is 0.506. The maximum absolute atomic E-state index is 12.3. The number of esters is 1. The largest absolute Gasteiger partial charge is 0.482 e. The summed E-state index contributed by atoms with van der Waals surface area (Å²) in [6.45, 7) is 4.54. The summed E-state index contributed by atoms with van der Waals surface area (Å²) >= 11 is 12.8. The van der Waals surface area contributed by atoms with Crippen molar-refractivity contribution in [3.05, 3.63) is 44.2 Å². The van der Waals surface area contributed by atoms with Crippen molar-refractivity contribution in [2.24, 2.45) is 0 Å². The van der Waals surface area contributed by atoms with Gasteiger partial charge in [0.1, 0.15) is 10.8 Å². The Balaban J connectivity index is 2.17. The third kappa shape index (κ3) is 5.22. The highest BCUT2D eigenvalue weighted by atomic mass is 35.5. The normalized spacial score (nSPS) is 10.4. The minimum Gasteiger partial charge on any atom is -0.482 e. The Bertz CT molecular complexity index is 894. The molecule has 1 amide bonds. The molecule has 1 N–H and O–H groups in total. The number of nitrogens with one attached hydrogen (secondary N) is 1. The number of rotatable bonds is 7. The molecule has 0 unspecified atom stereocenters. The van der Waals surface area contributed by atoms with E-state index >= 15 is 0 Å². The van der Waals surface area contributed by atoms with Crippen LogP contribution in [0.2, 0.25) is 10.0 Å². The summed E-state index contributed by atoms with van der Waals surface area (Å²) in [5, 5.41) is 3.56. The van der Waals surface area contributed by atoms with Gasteiger partial charge >= 0.3 is 5.97 Å². The van der Waals surface area contributed by atoms with Crippen molar-refractivity contribution >= 4 is 57.2 Å². The van der Waals surface area contributed by atoms with E-state index in [-0.39, 0.29) is 34.6 Å². The molecule has 6 nitrogen and oxygen atoms in total. The monoisotopic (exact) mass is 429 g/mol. The molecule has 2 aromatic rings. The van der Waals surface area contributed by atoms with Gasteiger partial charge in [0.25, 0.3) is 5.91 Å². The predicted molar refractivity (Wildman–Crippen MR) is 106 cm³/mol. The lowest BCUT2D eigenvalue weighted by atomic mass is 10.1.